The van der Waals surface area contributed by atoms with Crippen LogP contribution < -0.4 is 9.47 Å². The monoisotopic (exact) mass is 415 g/mol. The van der Waals surface area contributed by atoms with Crippen LogP contribution in [-0.2, 0) is 13.0 Å². The Morgan fingerprint density at radius 2 is 1.48 bits per heavy atom. The van der Waals surface area contributed by atoms with Gasteiger partial charge in [-0.2, -0.15) is 0 Å². The third-order valence-electron chi connectivity index (χ3n) is 5.33. The summed E-state index contributed by atoms with van der Waals surface area (Å²) < 4.78 is 12.0. The summed E-state index contributed by atoms with van der Waals surface area (Å²) in [6.45, 7) is 7.10. The summed E-state index contributed by atoms with van der Waals surface area (Å²) in [5.74, 6) is 1.62. The summed E-state index contributed by atoms with van der Waals surface area (Å²) in [6, 6.07) is 25.4. The second-order valence-corrected chi connectivity index (χ2v) is 8.92. The van der Waals surface area contributed by atoms with E-state index in [1.54, 1.807) is 0 Å². The van der Waals surface area contributed by atoms with E-state index in [2.05, 4.69) is 18.2 Å². The fourth-order valence-electron chi connectivity index (χ4n) is 3.87. The van der Waals surface area contributed by atoms with Gasteiger partial charge in [-0.3, -0.25) is 4.79 Å². The minimum Gasteiger partial charge on any atom is -0.491 e. The molecule has 3 aromatic rings. The lowest BCUT2D eigenvalue weighted by molar-refractivity contribution is 0.0566. The van der Waals surface area contributed by atoms with E-state index in [0.717, 1.165) is 17.9 Å². The summed E-state index contributed by atoms with van der Waals surface area (Å²) in [7, 11) is 0. The Kier molecular flexibility index (Phi) is 5.99. The minimum absolute atomic E-state index is 0.0342. The number of carbonyl (C=O) groups is 1. The zero-order valence-electron chi connectivity index (χ0n) is 18.4. The van der Waals surface area contributed by atoms with Gasteiger partial charge in [-0.1, -0.05) is 42.5 Å². The molecule has 1 atom stereocenters. The van der Waals surface area contributed by atoms with Crippen LogP contribution in [0.5, 0.6) is 11.5 Å². The maximum atomic E-state index is 13.3. The number of fused-ring (bicyclic) bond motifs is 1. The van der Waals surface area contributed by atoms with Crippen LogP contribution in [0.3, 0.4) is 0 Å². The van der Waals surface area contributed by atoms with Crippen molar-refractivity contribution in [2.75, 3.05) is 6.61 Å². The molecule has 0 saturated heterocycles. The summed E-state index contributed by atoms with van der Waals surface area (Å²) in [6.07, 6.45) is 0.778. The molecule has 4 nitrogen and oxygen atoms in total. The molecule has 0 spiro atoms. The highest BCUT2D eigenvalue weighted by molar-refractivity contribution is 5.94. The van der Waals surface area contributed by atoms with Crippen molar-refractivity contribution < 1.29 is 14.3 Å². The summed E-state index contributed by atoms with van der Waals surface area (Å²) >= 11 is 0. The predicted octanol–water partition coefficient (Wildman–Crippen LogP) is 5.51. The zero-order chi connectivity index (χ0) is 21.8. The van der Waals surface area contributed by atoms with Crippen molar-refractivity contribution in [3.8, 4) is 11.5 Å². The Hall–Kier alpha value is -3.27. The Bertz CT molecular complexity index is 1020. The molecule has 1 heterocycles. The fraction of sp³-hybridized carbons (Fsp3) is 0.296. The van der Waals surface area contributed by atoms with Crippen LogP contribution in [0, 0.1) is 0 Å². The maximum Gasteiger partial charge on any atom is 0.254 e. The molecular formula is C27H29NO3. The van der Waals surface area contributed by atoms with Crippen LogP contribution in [0.25, 0.3) is 0 Å². The van der Waals surface area contributed by atoms with Crippen molar-refractivity contribution in [1.82, 2.24) is 4.90 Å². The van der Waals surface area contributed by atoms with E-state index in [4.69, 9.17) is 9.47 Å². The number of benzene rings is 3. The van der Waals surface area contributed by atoms with Crippen LogP contribution in [0.2, 0.25) is 0 Å². The number of ether oxygens (including phenoxy) is 2. The molecule has 31 heavy (non-hydrogen) atoms. The quantitative estimate of drug-likeness (QED) is 0.552. The maximum absolute atomic E-state index is 13.3. The Morgan fingerprint density at radius 1 is 0.871 bits per heavy atom. The lowest BCUT2D eigenvalue weighted by atomic mass is 9.93. The minimum atomic E-state index is -0.240. The number of hydrogen-bond acceptors (Lipinski definition) is 3. The SMILES string of the molecule is CC(C)(C)Oc1ccc(OC[C@@H]2Cc3ccccc3CN2C(=O)c2ccccc2)cc1. The Labute approximate surface area is 184 Å². The molecule has 0 bridgehead atoms. The van der Waals surface area contributed by atoms with Crippen LogP contribution in [-0.4, -0.2) is 29.1 Å². The van der Waals surface area contributed by atoms with Crippen molar-refractivity contribution in [2.24, 2.45) is 0 Å². The Balaban J connectivity index is 1.50. The molecule has 0 N–H and O–H groups in total. The van der Waals surface area contributed by atoms with Gasteiger partial charge in [0.1, 0.15) is 23.7 Å². The van der Waals surface area contributed by atoms with Crippen molar-refractivity contribution in [1.29, 1.82) is 0 Å². The first-order chi connectivity index (χ1) is 14.9. The van der Waals surface area contributed by atoms with Crippen molar-refractivity contribution >= 4 is 5.91 Å². The van der Waals surface area contributed by atoms with E-state index in [1.165, 1.54) is 11.1 Å². The van der Waals surface area contributed by atoms with E-state index < -0.39 is 0 Å². The van der Waals surface area contributed by atoms with Gasteiger partial charge in [0, 0.05) is 12.1 Å². The van der Waals surface area contributed by atoms with Crippen molar-refractivity contribution in [2.45, 2.75) is 45.4 Å². The lowest BCUT2D eigenvalue weighted by Gasteiger charge is -2.37. The summed E-state index contributed by atoms with van der Waals surface area (Å²) in [5.41, 5.74) is 2.94. The second-order valence-electron chi connectivity index (χ2n) is 8.92. The number of carbonyl (C=O) groups excluding carboxylic acids is 1. The smallest absolute Gasteiger partial charge is 0.254 e. The van der Waals surface area contributed by atoms with E-state index in [9.17, 15) is 4.79 Å². The third-order valence-corrected chi connectivity index (χ3v) is 5.33. The first-order valence-corrected chi connectivity index (χ1v) is 10.7. The summed E-state index contributed by atoms with van der Waals surface area (Å²) in [4.78, 5) is 15.2. The number of hydrogen-bond donors (Lipinski definition) is 0. The summed E-state index contributed by atoms with van der Waals surface area (Å²) in [5, 5.41) is 0. The van der Waals surface area contributed by atoms with E-state index in [0.29, 0.717) is 18.7 Å². The van der Waals surface area contributed by atoms with Gasteiger partial charge in [0.25, 0.3) is 5.91 Å². The number of nitrogens with zero attached hydrogens (tertiary/aromatic N) is 1. The fourth-order valence-corrected chi connectivity index (χ4v) is 3.87. The van der Waals surface area contributed by atoms with Gasteiger partial charge in [-0.25, -0.2) is 0 Å². The molecule has 160 valence electrons. The molecule has 4 heteroatoms. The van der Waals surface area contributed by atoms with Gasteiger partial charge < -0.3 is 14.4 Å². The predicted molar refractivity (Wildman–Crippen MR) is 123 cm³/mol. The molecule has 0 unspecified atom stereocenters. The van der Waals surface area contributed by atoms with Gasteiger partial charge >= 0.3 is 0 Å². The molecule has 1 aliphatic heterocycles. The Morgan fingerprint density at radius 3 is 2.16 bits per heavy atom. The zero-order valence-corrected chi connectivity index (χ0v) is 18.4. The lowest BCUT2D eigenvalue weighted by Crippen LogP contribution is -2.47. The highest BCUT2D eigenvalue weighted by Crippen LogP contribution is 2.27. The van der Waals surface area contributed by atoms with Gasteiger partial charge in [0.2, 0.25) is 0 Å². The molecule has 0 aromatic heterocycles. The standard InChI is InChI=1S/C27H29NO3/c1-27(2,3)31-25-15-13-24(14-16-25)30-19-23-17-21-11-7-8-12-22(21)18-28(23)26(29)20-9-5-4-6-10-20/h4-16,23H,17-19H2,1-3H3/t23-/m0/s1. The molecule has 4 rings (SSSR count). The first-order valence-electron chi connectivity index (χ1n) is 10.7. The van der Waals surface area contributed by atoms with Crippen LogP contribution in [0.4, 0.5) is 0 Å². The normalized spacial score (nSPS) is 15.8. The molecule has 1 amide bonds. The van der Waals surface area contributed by atoms with Crippen LogP contribution >= 0.6 is 0 Å². The van der Waals surface area contributed by atoms with E-state index in [-0.39, 0.29) is 17.6 Å². The van der Waals surface area contributed by atoms with Crippen LogP contribution in [0.1, 0.15) is 42.3 Å². The van der Waals surface area contributed by atoms with E-state index >= 15 is 0 Å². The molecule has 3 aromatic carbocycles. The van der Waals surface area contributed by atoms with Gasteiger partial charge in [-0.05, 0) is 74.7 Å². The number of rotatable bonds is 5. The highest BCUT2D eigenvalue weighted by Gasteiger charge is 2.30. The van der Waals surface area contributed by atoms with E-state index in [1.807, 2.05) is 86.3 Å². The average molecular weight is 416 g/mol. The topological polar surface area (TPSA) is 38.8 Å². The molecular weight excluding hydrogens is 386 g/mol. The van der Waals surface area contributed by atoms with Crippen molar-refractivity contribution in [3.63, 3.8) is 0 Å². The van der Waals surface area contributed by atoms with Gasteiger partial charge in [0.15, 0.2) is 0 Å². The average Bonchev–Trinajstić information content (AvgIpc) is 2.77. The first kappa shape index (κ1) is 21.0. The third kappa shape index (κ3) is 5.26. The highest BCUT2D eigenvalue weighted by atomic mass is 16.5. The second kappa shape index (κ2) is 8.84. The van der Waals surface area contributed by atoms with Crippen LogP contribution in [0.15, 0.2) is 78.9 Å². The number of amides is 1. The molecule has 0 aliphatic carbocycles. The molecule has 0 radical (unpaired) electrons. The van der Waals surface area contributed by atoms with Crippen molar-refractivity contribution in [3.05, 3.63) is 95.6 Å². The molecule has 0 saturated carbocycles. The molecule has 1 aliphatic rings. The van der Waals surface area contributed by atoms with Gasteiger partial charge in [0.05, 0.1) is 6.04 Å². The van der Waals surface area contributed by atoms with Gasteiger partial charge in [-0.15, -0.1) is 0 Å². The molecule has 0 fully saturated rings. The largest absolute Gasteiger partial charge is 0.491 e.